The number of nitrogens with zero attached hydrogens (tertiary/aromatic N) is 2. The van der Waals surface area contributed by atoms with E-state index in [9.17, 15) is 13.2 Å². The minimum absolute atomic E-state index is 0.111. The first-order valence-corrected chi connectivity index (χ1v) is 8.88. The molecule has 0 fully saturated rings. The number of carboxylic acids is 1. The molecule has 1 aromatic heterocycles. The van der Waals surface area contributed by atoms with Gasteiger partial charge in [0, 0.05) is 23.8 Å². The Morgan fingerprint density at radius 2 is 2.12 bits per heavy atom. The number of anilines is 1. The van der Waals surface area contributed by atoms with Gasteiger partial charge in [0.1, 0.15) is 5.82 Å². The van der Waals surface area contributed by atoms with Crippen molar-refractivity contribution < 1.29 is 18.3 Å². The minimum Gasteiger partial charge on any atom is -0.478 e. The van der Waals surface area contributed by atoms with E-state index in [1.54, 1.807) is 18.2 Å². The lowest BCUT2D eigenvalue weighted by atomic mass is 10.1. The van der Waals surface area contributed by atoms with Crippen LogP contribution in [0.3, 0.4) is 0 Å². The van der Waals surface area contributed by atoms with E-state index >= 15 is 0 Å². The maximum atomic E-state index is 12.8. The first kappa shape index (κ1) is 16.5. The third kappa shape index (κ3) is 3.13. The zero-order valence-corrected chi connectivity index (χ0v) is 14.0. The van der Waals surface area contributed by atoms with Crippen LogP contribution in [0.25, 0.3) is 6.08 Å². The van der Waals surface area contributed by atoms with Crippen LogP contribution in [0.5, 0.6) is 0 Å². The van der Waals surface area contributed by atoms with E-state index in [0.717, 1.165) is 11.6 Å². The molecule has 6 nitrogen and oxygen atoms in total. The summed E-state index contributed by atoms with van der Waals surface area (Å²) >= 11 is 5.88. The van der Waals surface area contributed by atoms with Gasteiger partial charge in [0.05, 0.1) is 4.90 Å². The molecular weight excluding hydrogens is 352 g/mol. The van der Waals surface area contributed by atoms with Gasteiger partial charge in [-0.1, -0.05) is 17.7 Å². The Kier molecular flexibility index (Phi) is 4.29. The molecule has 1 aliphatic rings. The first-order chi connectivity index (χ1) is 11.4. The van der Waals surface area contributed by atoms with Crippen LogP contribution >= 0.6 is 11.6 Å². The molecule has 0 amide bonds. The summed E-state index contributed by atoms with van der Waals surface area (Å²) in [5.41, 5.74) is 1.37. The van der Waals surface area contributed by atoms with Crippen LogP contribution in [0.4, 0.5) is 5.82 Å². The van der Waals surface area contributed by atoms with E-state index in [1.807, 2.05) is 0 Å². The number of aliphatic carboxylic acids is 1. The minimum atomic E-state index is -3.74. The maximum Gasteiger partial charge on any atom is 0.328 e. The van der Waals surface area contributed by atoms with Crippen molar-refractivity contribution in [3.63, 3.8) is 0 Å². The Balaban J connectivity index is 1.96. The van der Waals surface area contributed by atoms with Crippen molar-refractivity contribution >= 4 is 39.5 Å². The van der Waals surface area contributed by atoms with E-state index in [1.165, 1.54) is 28.7 Å². The van der Waals surface area contributed by atoms with Crippen molar-refractivity contribution in [1.82, 2.24) is 4.98 Å². The quantitative estimate of drug-likeness (QED) is 0.842. The number of sulfonamides is 1. The number of rotatable bonds is 4. The zero-order valence-electron chi connectivity index (χ0n) is 12.4. The van der Waals surface area contributed by atoms with Gasteiger partial charge in [0.15, 0.2) is 0 Å². The van der Waals surface area contributed by atoms with E-state index < -0.39 is 16.0 Å². The Morgan fingerprint density at radius 1 is 1.33 bits per heavy atom. The van der Waals surface area contributed by atoms with Gasteiger partial charge in [-0.2, -0.15) is 0 Å². The van der Waals surface area contributed by atoms with Gasteiger partial charge in [-0.05, 0) is 47.9 Å². The van der Waals surface area contributed by atoms with Crippen molar-refractivity contribution in [1.29, 1.82) is 0 Å². The van der Waals surface area contributed by atoms with Gasteiger partial charge in [0.25, 0.3) is 10.0 Å². The number of benzene rings is 1. The molecule has 1 N–H and O–H groups in total. The number of hydrogen-bond acceptors (Lipinski definition) is 4. The monoisotopic (exact) mass is 364 g/mol. The summed E-state index contributed by atoms with van der Waals surface area (Å²) in [4.78, 5) is 14.9. The fourth-order valence-electron chi connectivity index (χ4n) is 2.51. The highest BCUT2D eigenvalue weighted by Crippen LogP contribution is 2.32. The third-order valence-electron chi connectivity index (χ3n) is 3.59. The first-order valence-electron chi connectivity index (χ1n) is 7.06. The lowest BCUT2D eigenvalue weighted by molar-refractivity contribution is -0.131. The summed E-state index contributed by atoms with van der Waals surface area (Å²) in [5.74, 6) is -0.692. The topological polar surface area (TPSA) is 87.6 Å². The van der Waals surface area contributed by atoms with Crippen LogP contribution in [0.1, 0.15) is 11.1 Å². The molecule has 8 heteroatoms. The summed E-state index contributed by atoms with van der Waals surface area (Å²) in [6.07, 6.45) is 4.39. The van der Waals surface area contributed by atoms with Gasteiger partial charge in [0.2, 0.25) is 0 Å². The molecular formula is C16H13ClN2O4S. The lowest BCUT2D eigenvalue weighted by Crippen LogP contribution is -2.29. The molecule has 24 heavy (non-hydrogen) atoms. The highest BCUT2D eigenvalue weighted by atomic mass is 35.5. The van der Waals surface area contributed by atoms with Gasteiger partial charge in [-0.3, -0.25) is 0 Å². The molecule has 3 rings (SSSR count). The van der Waals surface area contributed by atoms with Crippen molar-refractivity contribution in [2.75, 3.05) is 10.8 Å². The molecule has 0 saturated heterocycles. The second-order valence-corrected chi connectivity index (χ2v) is 7.51. The Morgan fingerprint density at radius 3 is 2.83 bits per heavy atom. The molecule has 1 aliphatic heterocycles. The second-order valence-electron chi connectivity index (χ2n) is 5.21. The lowest BCUT2D eigenvalue weighted by Gasteiger charge is -2.18. The zero-order chi connectivity index (χ0) is 17.3. The number of aromatic nitrogens is 1. The highest BCUT2D eigenvalue weighted by Gasteiger charge is 2.32. The van der Waals surface area contributed by atoms with Crippen molar-refractivity contribution in [3.8, 4) is 0 Å². The van der Waals surface area contributed by atoms with E-state index in [0.29, 0.717) is 22.8 Å². The predicted octanol–water partition coefficient (Wildman–Crippen LogP) is 2.58. The average molecular weight is 365 g/mol. The largest absolute Gasteiger partial charge is 0.478 e. The molecule has 0 unspecified atom stereocenters. The highest BCUT2D eigenvalue weighted by molar-refractivity contribution is 7.92. The maximum absolute atomic E-state index is 12.8. The summed E-state index contributed by atoms with van der Waals surface area (Å²) in [7, 11) is -3.74. The molecule has 0 atom stereocenters. The summed E-state index contributed by atoms with van der Waals surface area (Å²) < 4.78 is 26.8. The molecule has 1 aromatic carbocycles. The molecule has 2 aromatic rings. The molecule has 2 heterocycles. The number of hydrogen-bond donors (Lipinski definition) is 1. The summed E-state index contributed by atoms with van der Waals surface area (Å²) in [6, 6.07) is 7.83. The SMILES string of the molecule is O=C(O)/C=C/c1cnc2c(c1)CCN2S(=O)(=O)c1cccc(Cl)c1. The van der Waals surface area contributed by atoms with Crippen molar-refractivity contribution in [2.24, 2.45) is 0 Å². The molecule has 0 aliphatic carbocycles. The normalized spacial score (nSPS) is 14.1. The van der Waals surface area contributed by atoms with E-state index in [2.05, 4.69) is 4.98 Å². The number of pyridine rings is 1. The van der Waals surface area contributed by atoms with E-state index in [-0.39, 0.29) is 11.4 Å². The van der Waals surface area contributed by atoms with Crippen molar-refractivity contribution in [2.45, 2.75) is 11.3 Å². The fourth-order valence-corrected chi connectivity index (χ4v) is 4.27. The predicted molar refractivity (Wildman–Crippen MR) is 90.6 cm³/mol. The summed E-state index contributed by atoms with van der Waals surface area (Å²) in [5, 5.41) is 9.00. The standard InChI is InChI=1S/C16H13ClN2O4S/c17-13-2-1-3-14(9-13)24(22,23)19-7-6-12-8-11(4-5-15(20)21)10-18-16(12)19/h1-5,8-10H,6-7H2,(H,20,21)/b5-4+. The smallest absolute Gasteiger partial charge is 0.328 e. The van der Waals surface area contributed by atoms with E-state index in [4.69, 9.17) is 16.7 Å². The average Bonchev–Trinajstić information content (AvgIpc) is 2.96. The Labute approximate surface area is 144 Å². The molecule has 124 valence electrons. The molecule has 0 radical (unpaired) electrons. The van der Waals surface area contributed by atoms with Gasteiger partial charge in [-0.15, -0.1) is 0 Å². The summed E-state index contributed by atoms with van der Waals surface area (Å²) in [6.45, 7) is 0.281. The number of fused-ring (bicyclic) bond motifs is 1. The van der Waals surface area contributed by atoms with Crippen LogP contribution < -0.4 is 4.31 Å². The van der Waals surface area contributed by atoms with Crippen LogP contribution in [-0.2, 0) is 21.2 Å². The number of carbonyl (C=O) groups is 1. The van der Waals surface area contributed by atoms with Crippen LogP contribution in [-0.4, -0.2) is 31.0 Å². The fraction of sp³-hybridized carbons (Fsp3) is 0.125. The number of halogens is 1. The van der Waals surface area contributed by atoms with Gasteiger partial charge < -0.3 is 5.11 Å². The molecule has 0 bridgehead atoms. The van der Waals surface area contributed by atoms with Crippen LogP contribution in [0.2, 0.25) is 5.02 Å². The number of carboxylic acid groups (broad SMARTS) is 1. The Hall–Kier alpha value is -2.38. The van der Waals surface area contributed by atoms with Gasteiger partial charge in [-0.25, -0.2) is 22.5 Å². The van der Waals surface area contributed by atoms with Crippen LogP contribution in [0, 0.1) is 0 Å². The Bertz CT molecular complexity index is 941. The van der Waals surface area contributed by atoms with Crippen LogP contribution in [0.15, 0.2) is 47.5 Å². The van der Waals surface area contributed by atoms with Gasteiger partial charge >= 0.3 is 5.97 Å². The molecule has 0 saturated carbocycles. The van der Waals surface area contributed by atoms with Crippen molar-refractivity contribution in [3.05, 3.63) is 58.8 Å². The third-order valence-corrected chi connectivity index (χ3v) is 5.61. The second kappa shape index (κ2) is 6.26. The molecule has 0 spiro atoms.